The minimum Gasteiger partial charge on any atom is -0.508 e. The van der Waals surface area contributed by atoms with E-state index in [1.54, 1.807) is 55.5 Å². The van der Waals surface area contributed by atoms with Crippen LogP contribution < -0.4 is 9.64 Å². The number of ether oxygens (including phenoxy) is 2. The summed E-state index contributed by atoms with van der Waals surface area (Å²) in [6.45, 7) is 1.86. The molecular weight excluding hydrogens is 530 g/mol. The fourth-order valence-electron chi connectivity index (χ4n) is 4.04. The number of hydrogen-bond acceptors (Lipinski definition) is 7. The number of aliphatic hydroxyl groups is 1. The van der Waals surface area contributed by atoms with E-state index in [0.717, 1.165) is 0 Å². The quantitative estimate of drug-likeness (QED) is 0.192. The predicted molar refractivity (Wildman–Crippen MR) is 136 cm³/mol. The second-order valence-electron chi connectivity index (χ2n) is 7.88. The lowest BCUT2D eigenvalue weighted by Gasteiger charge is -2.26. The van der Waals surface area contributed by atoms with Gasteiger partial charge in [-0.25, -0.2) is 4.79 Å². The third-order valence-electron chi connectivity index (χ3n) is 5.71. The monoisotopic (exact) mass is 551 g/mol. The van der Waals surface area contributed by atoms with Gasteiger partial charge in [0.15, 0.2) is 0 Å². The van der Waals surface area contributed by atoms with Gasteiger partial charge >= 0.3 is 5.97 Å². The molecule has 3 aromatic rings. The molecule has 0 bridgehead atoms. The normalized spacial score (nSPS) is 16.8. The van der Waals surface area contributed by atoms with Gasteiger partial charge in [-0.2, -0.15) is 0 Å². The van der Waals surface area contributed by atoms with Gasteiger partial charge in [-0.3, -0.25) is 14.5 Å². The number of esters is 1. The molecule has 0 saturated carbocycles. The third kappa shape index (κ3) is 4.57. The van der Waals surface area contributed by atoms with E-state index in [4.69, 9.17) is 9.47 Å². The summed E-state index contributed by atoms with van der Waals surface area (Å²) in [5, 5.41) is 21.0. The van der Waals surface area contributed by atoms with E-state index < -0.39 is 23.7 Å². The van der Waals surface area contributed by atoms with Crippen molar-refractivity contribution in [3.8, 4) is 11.5 Å². The number of benzene rings is 3. The molecule has 1 aliphatic heterocycles. The molecule has 8 nitrogen and oxygen atoms in total. The van der Waals surface area contributed by atoms with Gasteiger partial charge in [0.2, 0.25) is 0 Å². The molecule has 4 rings (SSSR count). The van der Waals surface area contributed by atoms with Crippen LogP contribution in [0.3, 0.4) is 0 Å². The zero-order valence-corrected chi connectivity index (χ0v) is 21.0. The second kappa shape index (κ2) is 10.2. The number of anilines is 1. The second-order valence-corrected chi connectivity index (χ2v) is 8.74. The summed E-state index contributed by atoms with van der Waals surface area (Å²) >= 11 is 3.37. The third-order valence-corrected chi connectivity index (χ3v) is 6.33. The predicted octanol–water partition coefficient (Wildman–Crippen LogP) is 4.97. The average molecular weight is 552 g/mol. The Labute approximate surface area is 215 Å². The van der Waals surface area contributed by atoms with Crippen molar-refractivity contribution < 1.29 is 34.1 Å². The van der Waals surface area contributed by atoms with Gasteiger partial charge in [-0.05, 0) is 76.9 Å². The number of nitrogens with zero attached hydrogens (tertiary/aromatic N) is 1. The molecule has 0 spiro atoms. The van der Waals surface area contributed by atoms with E-state index in [-0.39, 0.29) is 34.9 Å². The minimum atomic E-state index is -1.02. The van der Waals surface area contributed by atoms with E-state index in [1.807, 2.05) is 0 Å². The van der Waals surface area contributed by atoms with Crippen LogP contribution in [0.1, 0.15) is 34.5 Å². The summed E-state index contributed by atoms with van der Waals surface area (Å²) in [6.07, 6.45) is 0. The number of carbonyl (C=O) groups is 3. The van der Waals surface area contributed by atoms with Gasteiger partial charge in [0, 0.05) is 11.3 Å². The Hall–Kier alpha value is -4.11. The maximum absolute atomic E-state index is 13.3. The van der Waals surface area contributed by atoms with Crippen molar-refractivity contribution in [3.05, 3.63) is 93.5 Å². The summed E-state index contributed by atoms with van der Waals surface area (Å²) < 4.78 is 10.8. The summed E-state index contributed by atoms with van der Waals surface area (Å²) in [6, 6.07) is 15.9. The number of phenols is 1. The maximum atomic E-state index is 13.3. The maximum Gasteiger partial charge on any atom is 0.338 e. The van der Waals surface area contributed by atoms with Crippen molar-refractivity contribution >= 4 is 45.0 Å². The van der Waals surface area contributed by atoms with Gasteiger partial charge in [-0.15, -0.1) is 0 Å². The summed E-state index contributed by atoms with van der Waals surface area (Å²) in [7, 11) is 1.50. The van der Waals surface area contributed by atoms with Crippen molar-refractivity contribution in [3.63, 3.8) is 0 Å². The molecule has 1 heterocycles. The molecule has 0 aliphatic carbocycles. The molecule has 3 aromatic carbocycles. The Kier molecular flexibility index (Phi) is 7.12. The molecule has 0 aromatic heterocycles. The Balaban J connectivity index is 1.91. The van der Waals surface area contributed by atoms with E-state index in [0.29, 0.717) is 21.3 Å². The molecule has 184 valence electrons. The van der Waals surface area contributed by atoms with Crippen molar-refractivity contribution in [2.75, 3.05) is 18.6 Å². The standard InChI is InChI=1S/C27H22BrNO7/c1-3-36-27(34)17-5-4-6-18(13-17)29-23(15-7-10-19(30)11-8-15)22(25(32)26(29)33)24(31)16-9-12-21(35-2)20(28)14-16/h4-14,23,30-31H,3H2,1-2H3/b24-22+. The van der Waals surface area contributed by atoms with Crippen LogP contribution in [0, 0.1) is 0 Å². The lowest BCUT2D eigenvalue weighted by atomic mass is 9.95. The lowest BCUT2D eigenvalue weighted by Crippen LogP contribution is -2.29. The van der Waals surface area contributed by atoms with Crippen molar-refractivity contribution in [1.82, 2.24) is 0 Å². The number of aromatic hydroxyl groups is 1. The van der Waals surface area contributed by atoms with Crippen LogP contribution in [0.4, 0.5) is 5.69 Å². The minimum absolute atomic E-state index is 0.000838. The zero-order valence-electron chi connectivity index (χ0n) is 19.4. The van der Waals surface area contributed by atoms with E-state index >= 15 is 0 Å². The van der Waals surface area contributed by atoms with E-state index in [1.165, 1.54) is 30.2 Å². The molecular formula is C27H22BrNO7. The van der Waals surface area contributed by atoms with Gasteiger partial charge in [0.1, 0.15) is 17.3 Å². The number of hydrogen-bond donors (Lipinski definition) is 2. The molecule has 2 N–H and O–H groups in total. The van der Waals surface area contributed by atoms with Crippen molar-refractivity contribution in [2.45, 2.75) is 13.0 Å². The molecule has 1 saturated heterocycles. The number of halogens is 1. The fraction of sp³-hybridized carbons (Fsp3) is 0.148. The number of amides is 1. The van der Waals surface area contributed by atoms with Gasteiger partial charge in [0.25, 0.3) is 11.7 Å². The molecule has 0 radical (unpaired) electrons. The van der Waals surface area contributed by atoms with E-state index in [9.17, 15) is 24.6 Å². The highest BCUT2D eigenvalue weighted by Crippen LogP contribution is 2.43. The first-order chi connectivity index (χ1) is 17.3. The van der Waals surface area contributed by atoms with E-state index in [2.05, 4.69) is 15.9 Å². The smallest absolute Gasteiger partial charge is 0.338 e. The van der Waals surface area contributed by atoms with Crippen LogP contribution in [0.25, 0.3) is 5.76 Å². The van der Waals surface area contributed by atoms with Gasteiger partial charge in [-0.1, -0.05) is 18.2 Å². The number of rotatable bonds is 6. The van der Waals surface area contributed by atoms with Crippen molar-refractivity contribution in [2.24, 2.45) is 0 Å². The first-order valence-electron chi connectivity index (χ1n) is 11.0. The summed E-state index contributed by atoms with van der Waals surface area (Å²) in [4.78, 5) is 40.1. The number of phenolic OH excluding ortho intramolecular Hbond substituents is 1. The molecule has 1 unspecified atom stereocenters. The summed E-state index contributed by atoms with van der Waals surface area (Å²) in [5.74, 6) is -2.18. The highest BCUT2D eigenvalue weighted by Gasteiger charge is 2.47. The number of ketones is 1. The van der Waals surface area contributed by atoms with Crippen LogP contribution in [-0.2, 0) is 14.3 Å². The Bertz CT molecular complexity index is 1380. The van der Waals surface area contributed by atoms with Crippen molar-refractivity contribution in [1.29, 1.82) is 0 Å². The highest BCUT2D eigenvalue weighted by molar-refractivity contribution is 9.10. The number of aliphatic hydroxyl groups excluding tert-OH is 1. The average Bonchev–Trinajstić information content (AvgIpc) is 3.14. The van der Waals surface area contributed by atoms with Crippen LogP contribution in [-0.4, -0.2) is 41.6 Å². The van der Waals surface area contributed by atoms with Crippen LogP contribution in [0.5, 0.6) is 11.5 Å². The number of Topliss-reactive ketones (excluding diaryl/α,β-unsaturated/α-hetero) is 1. The zero-order chi connectivity index (χ0) is 26.0. The Morgan fingerprint density at radius 2 is 1.75 bits per heavy atom. The molecule has 1 amide bonds. The molecule has 1 atom stereocenters. The topological polar surface area (TPSA) is 113 Å². The highest BCUT2D eigenvalue weighted by atomic mass is 79.9. The van der Waals surface area contributed by atoms with Crippen LogP contribution >= 0.6 is 15.9 Å². The SMILES string of the molecule is CCOC(=O)c1cccc(N2C(=O)C(=O)/C(=C(/O)c3ccc(OC)c(Br)c3)C2c2ccc(O)cc2)c1. The molecule has 36 heavy (non-hydrogen) atoms. The number of carbonyl (C=O) groups excluding carboxylic acids is 3. The Morgan fingerprint density at radius 1 is 1.03 bits per heavy atom. The lowest BCUT2D eigenvalue weighted by molar-refractivity contribution is -0.132. The molecule has 9 heteroatoms. The van der Waals surface area contributed by atoms with Gasteiger partial charge < -0.3 is 19.7 Å². The first-order valence-corrected chi connectivity index (χ1v) is 11.8. The molecule has 1 aliphatic rings. The largest absolute Gasteiger partial charge is 0.508 e. The van der Waals surface area contributed by atoms with Crippen LogP contribution in [0.15, 0.2) is 76.8 Å². The van der Waals surface area contributed by atoms with Gasteiger partial charge in [0.05, 0.1) is 35.4 Å². The number of methoxy groups -OCH3 is 1. The summed E-state index contributed by atoms with van der Waals surface area (Å²) in [5.41, 5.74) is 1.12. The first kappa shape index (κ1) is 25.0. The molecule has 1 fully saturated rings. The fourth-order valence-corrected chi connectivity index (χ4v) is 4.58. The van der Waals surface area contributed by atoms with Crippen LogP contribution in [0.2, 0.25) is 0 Å². The Morgan fingerprint density at radius 3 is 2.39 bits per heavy atom.